The lowest BCUT2D eigenvalue weighted by Crippen LogP contribution is -2.37. The number of hydrogen-bond donors (Lipinski definition) is 0. The summed E-state index contributed by atoms with van der Waals surface area (Å²) in [5.74, 6) is 0.731. The number of benzene rings is 2. The predicted octanol–water partition coefficient (Wildman–Crippen LogP) is 5.07. The van der Waals surface area contributed by atoms with E-state index >= 15 is 0 Å². The highest BCUT2D eigenvalue weighted by atomic mass is 35.5. The highest BCUT2D eigenvalue weighted by Gasteiger charge is 2.34. The maximum atomic E-state index is 11.6. The smallest absolute Gasteiger partial charge is 0.489 e. The fourth-order valence-corrected chi connectivity index (χ4v) is 3.55. The Bertz CT molecular complexity index is 904. The molecule has 2 aromatic rings. The molecule has 0 bridgehead atoms. The molecule has 0 radical (unpaired) electrons. The SMILES string of the molecule is COC(=O)OCC1CC(OC(=O)OC)CC(c2ccc(Cl)c(COc3ccccc3)c2)O1. The zero-order valence-corrected chi connectivity index (χ0v) is 18.6. The Morgan fingerprint density at radius 3 is 2.50 bits per heavy atom. The summed E-state index contributed by atoms with van der Waals surface area (Å²) in [4.78, 5) is 23.0. The van der Waals surface area contributed by atoms with Crippen LogP contribution in [-0.4, -0.2) is 45.3 Å². The predicted molar refractivity (Wildman–Crippen MR) is 115 cm³/mol. The molecule has 1 saturated heterocycles. The number of rotatable bonds is 7. The first-order valence-electron chi connectivity index (χ1n) is 10.1. The molecule has 0 spiro atoms. The van der Waals surface area contributed by atoms with Crippen molar-refractivity contribution >= 4 is 23.9 Å². The quantitative estimate of drug-likeness (QED) is 0.524. The third-order valence-electron chi connectivity index (χ3n) is 4.92. The maximum absolute atomic E-state index is 11.6. The van der Waals surface area contributed by atoms with Gasteiger partial charge >= 0.3 is 12.3 Å². The van der Waals surface area contributed by atoms with Crippen LogP contribution in [0, 0.1) is 0 Å². The summed E-state index contributed by atoms with van der Waals surface area (Å²) in [5.41, 5.74) is 1.62. The van der Waals surface area contributed by atoms with Crippen LogP contribution in [-0.2, 0) is 30.3 Å². The van der Waals surface area contributed by atoms with Crippen molar-refractivity contribution in [2.45, 2.75) is 37.8 Å². The van der Waals surface area contributed by atoms with Crippen LogP contribution in [0.5, 0.6) is 5.75 Å². The fraction of sp³-hybridized carbons (Fsp3) is 0.391. The van der Waals surface area contributed by atoms with Crippen molar-refractivity contribution in [3.8, 4) is 5.75 Å². The van der Waals surface area contributed by atoms with E-state index in [0.29, 0.717) is 17.9 Å². The number of methoxy groups -OCH3 is 2. The number of carbonyl (C=O) groups excluding carboxylic acids is 2. The first-order valence-corrected chi connectivity index (χ1v) is 10.4. The Morgan fingerprint density at radius 2 is 1.78 bits per heavy atom. The third-order valence-corrected chi connectivity index (χ3v) is 5.29. The monoisotopic (exact) mass is 464 g/mol. The normalized spacial score (nSPS) is 20.2. The molecular weight excluding hydrogens is 440 g/mol. The van der Waals surface area contributed by atoms with Crippen LogP contribution in [0.15, 0.2) is 48.5 Å². The molecule has 1 aliphatic rings. The molecule has 1 aliphatic heterocycles. The highest BCUT2D eigenvalue weighted by Crippen LogP contribution is 2.35. The van der Waals surface area contributed by atoms with Gasteiger partial charge in [-0.3, -0.25) is 0 Å². The van der Waals surface area contributed by atoms with E-state index in [0.717, 1.165) is 16.9 Å². The molecule has 9 heteroatoms. The molecular formula is C23H25ClO8. The second-order valence-electron chi connectivity index (χ2n) is 7.13. The van der Waals surface area contributed by atoms with E-state index in [-0.39, 0.29) is 13.2 Å². The molecule has 2 aromatic carbocycles. The molecule has 32 heavy (non-hydrogen) atoms. The molecule has 3 atom stereocenters. The molecule has 0 saturated carbocycles. The summed E-state index contributed by atoms with van der Waals surface area (Å²) in [6, 6.07) is 14.9. The molecule has 0 N–H and O–H groups in total. The standard InChI is InChI=1S/C23H25ClO8/c1-27-22(25)30-14-19-11-18(32-23(26)28-2)12-21(31-19)15-8-9-20(24)16(10-15)13-29-17-6-4-3-5-7-17/h3-10,18-19,21H,11-14H2,1-2H3. The van der Waals surface area contributed by atoms with Gasteiger partial charge in [0.1, 0.15) is 25.1 Å². The van der Waals surface area contributed by atoms with Gasteiger partial charge in [-0.25, -0.2) is 9.59 Å². The summed E-state index contributed by atoms with van der Waals surface area (Å²) in [6.45, 7) is 0.238. The van der Waals surface area contributed by atoms with Gasteiger partial charge in [-0.05, 0) is 29.8 Å². The zero-order chi connectivity index (χ0) is 22.9. The van der Waals surface area contributed by atoms with Gasteiger partial charge in [0.2, 0.25) is 0 Å². The molecule has 0 aromatic heterocycles. The number of halogens is 1. The first-order chi connectivity index (χ1) is 15.5. The molecule has 3 unspecified atom stereocenters. The Kier molecular flexibility index (Phi) is 8.58. The summed E-state index contributed by atoms with van der Waals surface area (Å²) < 4.78 is 31.4. The van der Waals surface area contributed by atoms with E-state index in [1.165, 1.54) is 14.2 Å². The van der Waals surface area contributed by atoms with Crippen molar-refractivity contribution in [1.29, 1.82) is 0 Å². The van der Waals surface area contributed by atoms with Crippen molar-refractivity contribution < 1.29 is 38.0 Å². The summed E-state index contributed by atoms with van der Waals surface area (Å²) in [6.07, 6.45) is -2.24. The van der Waals surface area contributed by atoms with Crippen molar-refractivity contribution in [3.05, 3.63) is 64.7 Å². The van der Waals surface area contributed by atoms with Gasteiger partial charge in [-0.2, -0.15) is 0 Å². The van der Waals surface area contributed by atoms with Crippen molar-refractivity contribution in [2.75, 3.05) is 20.8 Å². The molecule has 8 nitrogen and oxygen atoms in total. The first kappa shape index (κ1) is 23.7. The van der Waals surface area contributed by atoms with Gasteiger partial charge in [0, 0.05) is 23.4 Å². The molecule has 1 fully saturated rings. The number of hydrogen-bond acceptors (Lipinski definition) is 8. The average molecular weight is 465 g/mol. The Balaban J connectivity index is 1.73. The van der Waals surface area contributed by atoms with Crippen molar-refractivity contribution in [2.24, 2.45) is 0 Å². The van der Waals surface area contributed by atoms with Crippen LogP contribution in [0.2, 0.25) is 5.02 Å². The minimum absolute atomic E-state index is 0.0399. The lowest BCUT2D eigenvalue weighted by atomic mass is 9.95. The van der Waals surface area contributed by atoms with Gasteiger partial charge in [0.25, 0.3) is 0 Å². The number of para-hydroxylation sites is 1. The second kappa shape index (κ2) is 11.6. The average Bonchev–Trinajstić information content (AvgIpc) is 2.82. The molecule has 0 aliphatic carbocycles. The van der Waals surface area contributed by atoms with Crippen LogP contribution in [0.4, 0.5) is 9.59 Å². The van der Waals surface area contributed by atoms with E-state index in [1.807, 2.05) is 42.5 Å². The highest BCUT2D eigenvalue weighted by molar-refractivity contribution is 6.31. The fourth-order valence-electron chi connectivity index (χ4n) is 3.38. The summed E-state index contributed by atoms with van der Waals surface area (Å²) >= 11 is 6.37. The topological polar surface area (TPSA) is 89.5 Å². The van der Waals surface area contributed by atoms with Crippen LogP contribution in [0.1, 0.15) is 30.1 Å². The number of carbonyl (C=O) groups is 2. The van der Waals surface area contributed by atoms with Gasteiger partial charge in [0.05, 0.1) is 26.4 Å². The van der Waals surface area contributed by atoms with Crippen molar-refractivity contribution in [3.63, 3.8) is 0 Å². The lowest BCUT2D eigenvalue weighted by molar-refractivity contribution is -0.124. The molecule has 3 rings (SSSR count). The van der Waals surface area contributed by atoms with E-state index in [1.54, 1.807) is 6.07 Å². The Morgan fingerprint density at radius 1 is 1.03 bits per heavy atom. The Labute approximate surface area is 191 Å². The van der Waals surface area contributed by atoms with E-state index < -0.39 is 30.6 Å². The lowest BCUT2D eigenvalue weighted by Gasteiger charge is -2.34. The van der Waals surface area contributed by atoms with Crippen LogP contribution in [0.25, 0.3) is 0 Å². The van der Waals surface area contributed by atoms with Gasteiger partial charge in [0.15, 0.2) is 0 Å². The number of ether oxygens (including phenoxy) is 6. The molecule has 172 valence electrons. The third kappa shape index (κ3) is 6.77. The van der Waals surface area contributed by atoms with E-state index in [4.69, 9.17) is 30.5 Å². The van der Waals surface area contributed by atoms with Crippen LogP contribution < -0.4 is 4.74 Å². The largest absolute Gasteiger partial charge is 0.508 e. The Hall–Kier alpha value is -2.97. The van der Waals surface area contributed by atoms with Gasteiger partial charge in [-0.1, -0.05) is 35.9 Å². The van der Waals surface area contributed by atoms with Crippen molar-refractivity contribution in [1.82, 2.24) is 0 Å². The van der Waals surface area contributed by atoms with Crippen LogP contribution in [0.3, 0.4) is 0 Å². The second-order valence-corrected chi connectivity index (χ2v) is 7.54. The maximum Gasteiger partial charge on any atom is 0.508 e. The van der Waals surface area contributed by atoms with E-state index in [9.17, 15) is 9.59 Å². The minimum Gasteiger partial charge on any atom is -0.489 e. The van der Waals surface area contributed by atoms with Crippen LogP contribution >= 0.6 is 11.6 Å². The molecule has 0 amide bonds. The molecule has 1 heterocycles. The van der Waals surface area contributed by atoms with Gasteiger partial charge < -0.3 is 28.4 Å². The zero-order valence-electron chi connectivity index (χ0n) is 17.8. The van der Waals surface area contributed by atoms with Gasteiger partial charge in [-0.15, -0.1) is 0 Å². The van der Waals surface area contributed by atoms with E-state index in [2.05, 4.69) is 9.47 Å². The summed E-state index contributed by atoms with van der Waals surface area (Å²) in [7, 11) is 2.47. The summed E-state index contributed by atoms with van der Waals surface area (Å²) in [5, 5.41) is 0.563. The minimum atomic E-state index is -0.812.